The number of amides is 1. The molecule has 5 heteroatoms. The molecule has 1 saturated heterocycles. The lowest BCUT2D eigenvalue weighted by atomic mass is 9.87. The number of nitrogens with zero attached hydrogens (tertiary/aromatic N) is 2. The zero-order valence-electron chi connectivity index (χ0n) is 17.9. The summed E-state index contributed by atoms with van der Waals surface area (Å²) in [5, 5.41) is 8.93. The molecule has 2 aromatic rings. The van der Waals surface area contributed by atoms with Gasteiger partial charge in [0.15, 0.2) is 6.54 Å². The third kappa shape index (κ3) is 4.72. The number of likely N-dealkylation sites (N-methyl/N-ethyl adjacent to an activating group) is 1. The lowest BCUT2D eigenvalue weighted by Gasteiger charge is -2.35. The molecule has 2 aliphatic rings. The highest BCUT2D eigenvalue weighted by molar-refractivity contribution is 5.77. The second-order valence-electron chi connectivity index (χ2n) is 8.77. The van der Waals surface area contributed by atoms with Crippen molar-refractivity contribution >= 4 is 5.91 Å². The van der Waals surface area contributed by atoms with Crippen LogP contribution in [0.15, 0.2) is 48.5 Å². The van der Waals surface area contributed by atoms with Crippen molar-refractivity contribution in [1.29, 1.82) is 5.26 Å². The van der Waals surface area contributed by atoms with Crippen molar-refractivity contribution in [2.45, 2.75) is 31.8 Å². The van der Waals surface area contributed by atoms with Gasteiger partial charge in [0.05, 0.1) is 17.7 Å². The van der Waals surface area contributed by atoms with Crippen LogP contribution in [0.3, 0.4) is 0 Å². The number of aryl methyl sites for hydroxylation is 1. The first kappa shape index (κ1) is 20.6. The molecule has 0 aromatic heterocycles. The minimum Gasteiger partial charge on any atom is -0.334 e. The number of nitrogens with one attached hydrogen (secondary N) is 2. The fourth-order valence-electron chi connectivity index (χ4n) is 4.94. The Balaban J connectivity index is 1.27. The molecule has 0 spiro atoms. The van der Waals surface area contributed by atoms with E-state index in [2.05, 4.69) is 42.5 Å². The summed E-state index contributed by atoms with van der Waals surface area (Å²) in [6, 6.07) is 18.9. The molecule has 0 unspecified atom stereocenters. The highest BCUT2D eigenvalue weighted by Crippen LogP contribution is 2.33. The molecule has 1 fully saturated rings. The summed E-state index contributed by atoms with van der Waals surface area (Å²) in [6.07, 6.45) is 3.35. The maximum Gasteiger partial charge on any atom is 0.278 e. The van der Waals surface area contributed by atoms with E-state index in [1.54, 1.807) is 4.90 Å². The van der Waals surface area contributed by atoms with Crippen LogP contribution >= 0.6 is 0 Å². The highest BCUT2D eigenvalue weighted by Gasteiger charge is 2.30. The Morgan fingerprint density at radius 2 is 1.77 bits per heavy atom. The van der Waals surface area contributed by atoms with Crippen LogP contribution in [0.2, 0.25) is 0 Å². The average Bonchev–Trinajstić information content (AvgIpc) is 2.80. The molecule has 1 amide bonds. The van der Waals surface area contributed by atoms with Crippen molar-refractivity contribution in [3.8, 4) is 6.07 Å². The molecule has 1 aliphatic heterocycles. The third-order valence-corrected chi connectivity index (χ3v) is 6.80. The Morgan fingerprint density at radius 3 is 2.50 bits per heavy atom. The van der Waals surface area contributed by atoms with E-state index in [-0.39, 0.29) is 11.9 Å². The summed E-state index contributed by atoms with van der Waals surface area (Å²) < 4.78 is 0. The van der Waals surface area contributed by atoms with Gasteiger partial charge in [-0.15, -0.1) is 0 Å². The van der Waals surface area contributed by atoms with Gasteiger partial charge in [-0.3, -0.25) is 4.79 Å². The predicted molar refractivity (Wildman–Crippen MR) is 116 cm³/mol. The number of rotatable bonds is 5. The first-order valence-electron chi connectivity index (χ1n) is 11.1. The zero-order chi connectivity index (χ0) is 20.9. The Kier molecular flexibility index (Phi) is 6.47. The van der Waals surface area contributed by atoms with Crippen LogP contribution in [0.1, 0.15) is 41.1 Å². The van der Waals surface area contributed by atoms with Gasteiger partial charge >= 0.3 is 0 Å². The van der Waals surface area contributed by atoms with Gasteiger partial charge in [-0.05, 0) is 42.5 Å². The van der Waals surface area contributed by atoms with Crippen LogP contribution in [0.25, 0.3) is 0 Å². The SMILES string of the molecule is CN(C(=O)C[NH+]1CC[NH+](Cc2ccc(C#N)cc2)CC1)[C@H]1CCCc2ccccc21. The number of piperazine rings is 1. The van der Waals surface area contributed by atoms with Crippen LogP contribution in [-0.4, -0.2) is 50.6 Å². The van der Waals surface area contributed by atoms with Crippen molar-refractivity contribution in [3.63, 3.8) is 0 Å². The number of hydrogen-bond donors (Lipinski definition) is 2. The van der Waals surface area contributed by atoms with E-state index < -0.39 is 0 Å². The van der Waals surface area contributed by atoms with Crippen LogP contribution < -0.4 is 9.80 Å². The number of fused-ring (bicyclic) bond motifs is 1. The third-order valence-electron chi connectivity index (χ3n) is 6.80. The number of carbonyl (C=O) groups is 1. The Bertz CT molecular complexity index is 909. The molecular formula is C25H32N4O+2. The zero-order valence-corrected chi connectivity index (χ0v) is 17.9. The van der Waals surface area contributed by atoms with Gasteiger partial charge in [0.25, 0.3) is 5.91 Å². The molecule has 2 N–H and O–H groups in total. The Hall–Kier alpha value is -2.68. The minimum atomic E-state index is 0.227. The lowest BCUT2D eigenvalue weighted by Crippen LogP contribution is -3.28. The van der Waals surface area contributed by atoms with Gasteiger partial charge in [0, 0.05) is 12.6 Å². The van der Waals surface area contributed by atoms with E-state index in [0.717, 1.165) is 52.0 Å². The summed E-state index contributed by atoms with van der Waals surface area (Å²) in [7, 11) is 1.99. The fraction of sp³-hybridized carbons (Fsp3) is 0.440. The lowest BCUT2D eigenvalue weighted by molar-refractivity contribution is -1.02. The van der Waals surface area contributed by atoms with E-state index in [1.165, 1.54) is 21.6 Å². The number of nitriles is 1. The Labute approximate surface area is 179 Å². The van der Waals surface area contributed by atoms with E-state index in [1.807, 2.05) is 24.1 Å². The number of hydrogen-bond acceptors (Lipinski definition) is 2. The van der Waals surface area contributed by atoms with Crippen molar-refractivity contribution in [1.82, 2.24) is 4.90 Å². The molecule has 1 heterocycles. The molecular weight excluding hydrogens is 372 g/mol. The first-order chi connectivity index (χ1) is 14.6. The van der Waals surface area contributed by atoms with Crippen LogP contribution in [0, 0.1) is 11.3 Å². The molecule has 0 radical (unpaired) electrons. The molecule has 156 valence electrons. The number of quaternary nitrogens is 2. The molecule has 2 aromatic carbocycles. The summed E-state index contributed by atoms with van der Waals surface area (Å²) in [6.45, 7) is 5.82. The summed E-state index contributed by atoms with van der Waals surface area (Å²) in [4.78, 5) is 18.0. The largest absolute Gasteiger partial charge is 0.334 e. The van der Waals surface area contributed by atoms with Crippen molar-refractivity contribution in [3.05, 3.63) is 70.8 Å². The molecule has 30 heavy (non-hydrogen) atoms. The maximum atomic E-state index is 13.0. The highest BCUT2D eigenvalue weighted by atomic mass is 16.2. The van der Waals surface area contributed by atoms with E-state index >= 15 is 0 Å². The normalized spacial score (nSPS) is 23.3. The van der Waals surface area contributed by atoms with Crippen LogP contribution in [0.4, 0.5) is 0 Å². The molecule has 1 atom stereocenters. The van der Waals surface area contributed by atoms with Gasteiger partial charge in [-0.1, -0.05) is 36.4 Å². The number of carbonyl (C=O) groups excluding carboxylic acids is 1. The number of benzene rings is 2. The van der Waals surface area contributed by atoms with E-state index in [9.17, 15) is 4.79 Å². The summed E-state index contributed by atoms with van der Waals surface area (Å²) in [5.41, 5.74) is 4.73. The van der Waals surface area contributed by atoms with Gasteiger partial charge in [-0.2, -0.15) is 5.26 Å². The van der Waals surface area contributed by atoms with Crippen LogP contribution in [0.5, 0.6) is 0 Å². The van der Waals surface area contributed by atoms with E-state index in [4.69, 9.17) is 5.26 Å². The van der Waals surface area contributed by atoms with Gasteiger partial charge in [-0.25, -0.2) is 0 Å². The van der Waals surface area contributed by atoms with Crippen molar-refractivity contribution in [2.75, 3.05) is 39.8 Å². The molecule has 5 nitrogen and oxygen atoms in total. The molecule has 4 rings (SSSR count). The van der Waals surface area contributed by atoms with Crippen molar-refractivity contribution < 1.29 is 14.6 Å². The smallest absolute Gasteiger partial charge is 0.278 e. The average molecular weight is 405 g/mol. The quantitative estimate of drug-likeness (QED) is 0.757. The second kappa shape index (κ2) is 9.42. The standard InChI is InChI=1S/C25H30N4O/c1-27(24-8-4-6-22-5-2-3-7-23(22)24)25(30)19-29-15-13-28(14-16-29)18-21-11-9-20(17-26)10-12-21/h2-3,5,7,9-12,24H,4,6,8,13-16,18-19H2,1H3/p+2/t24-/m0/s1. The maximum absolute atomic E-state index is 13.0. The van der Waals surface area contributed by atoms with Gasteiger partial charge in [0.1, 0.15) is 32.7 Å². The van der Waals surface area contributed by atoms with Gasteiger partial charge in [0.2, 0.25) is 0 Å². The molecule has 0 bridgehead atoms. The predicted octanol–water partition coefficient (Wildman–Crippen LogP) is 0.378. The second-order valence-corrected chi connectivity index (χ2v) is 8.77. The molecule has 0 saturated carbocycles. The Morgan fingerprint density at radius 1 is 1.07 bits per heavy atom. The fourth-order valence-corrected chi connectivity index (χ4v) is 4.94. The van der Waals surface area contributed by atoms with Gasteiger partial charge < -0.3 is 14.7 Å². The topological polar surface area (TPSA) is 53.0 Å². The van der Waals surface area contributed by atoms with Crippen molar-refractivity contribution in [2.24, 2.45) is 0 Å². The first-order valence-corrected chi connectivity index (χ1v) is 11.1. The van der Waals surface area contributed by atoms with Crippen LogP contribution in [-0.2, 0) is 17.8 Å². The summed E-state index contributed by atoms with van der Waals surface area (Å²) in [5.74, 6) is 0.266. The monoisotopic (exact) mass is 404 g/mol. The summed E-state index contributed by atoms with van der Waals surface area (Å²) >= 11 is 0. The molecule has 1 aliphatic carbocycles. The van der Waals surface area contributed by atoms with E-state index in [0.29, 0.717) is 12.1 Å². The minimum absolute atomic E-state index is 0.227.